The van der Waals surface area contributed by atoms with Gasteiger partial charge < -0.3 is 5.32 Å². The van der Waals surface area contributed by atoms with Crippen molar-refractivity contribution in [2.24, 2.45) is 0 Å². The van der Waals surface area contributed by atoms with Crippen molar-refractivity contribution in [1.29, 1.82) is 0 Å². The summed E-state index contributed by atoms with van der Waals surface area (Å²) < 4.78 is 2.08. The number of rotatable bonds is 5. The van der Waals surface area contributed by atoms with Crippen LogP contribution in [0.1, 0.15) is 57.5 Å². The Morgan fingerprint density at radius 3 is 2.53 bits per heavy atom. The van der Waals surface area contributed by atoms with Crippen LogP contribution in [0.5, 0.6) is 0 Å². The van der Waals surface area contributed by atoms with Crippen LogP contribution in [0.4, 0.5) is 0 Å². The van der Waals surface area contributed by atoms with Crippen LogP contribution >= 0.6 is 0 Å². The molecule has 1 rings (SSSR count). The maximum absolute atomic E-state index is 4.42. The smallest absolute Gasteiger partial charge is 0.0540 e. The molecule has 3 heteroatoms. The lowest BCUT2D eigenvalue weighted by Gasteiger charge is -2.14. The van der Waals surface area contributed by atoms with Crippen LogP contribution in [-0.4, -0.2) is 16.3 Å². The average molecular weight is 209 g/mol. The summed E-state index contributed by atoms with van der Waals surface area (Å²) in [6.07, 6.45) is 3.16. The predicted molar refractivity (Wildman–Crippen MR) is 64.1 cm³/mol. The third-order valence-corrected chi connectivity index (χ3v) is 2.74. The fourth-order valence-corrected chi connectivity index (χ4v) is 1.85. The lowest BCUT2D eigenvalue weighted by atomic mass is 10.1. The Kier molecular flexibility index (Phi) is 4.33. The number of aromatic nitrogens is 2. The van der Waals surface area contributed by atoms with E-state index in [9.17, 15) is 0 Å². The lowest BCUT2D eigenvalue weighted by Crippen LogP contribution is -2.20. The van der Waals surface area contributed by atoms with Gasteiger partial charge in [-0.3, -0.25) is 4.68 Å². The van der Waals surface area contributed by atoms with E-state index in [1.54, 1.807) is 0 Å². The standard InChI is InChI=1S/C12H23N3/c1-6-7-13-10(4)12-8-14-15(9(2)3)11(12)5/h8-10,13H,6-7H2,1-5H3. The maximum atomic E-state index is 4.42. The first-order chi connectivity index (χ1) is 7.07. The third kappa shape index (κ3) is 2.81. The molecule has 0 fully saturated rings. The Labute approximate surface area is 92.9 Å². The summed E-state index contributed by atoms with van der Waals surface area (Å²) in [5.74, 6) is 0. The molecule has 3 nitrogen and oxygen atoms in total. The molecule has 0 aliphatic carbocycles. The quantitative estimate of drug-likeness (QED) is 0.808. The highest BCUT2D eigenvalue weighted by Gasteiger charge is 2.13. The van der Waals surface area contributed by atoms with Crippen LogP contribution in [0, 0.1) is 6.92 Å². The van der Waals surface area contributed by atoms with Crippen LogP contribution in [0.25, 0.3) is 0 Å². The molecule has 0 aliphatic heterocycles. The van der Waals surface area contributed by atoms with Crippen LogP contribution in [0.3, 0.4) is 0 Å². The molecule has 0 bridgehead atoms. The van der Waals surface area contributed by atoms with Crippen LogP contribution in [-0.2, 0) is 0 Å². The van der Waals surface area contributed by atoms with Gasteiger partial charge in [-0.25, -0.2) is 0 Å². The zero-order chi connectivity index (χ0) is 11.4. The van der Waals surface area contributed by atoms with Crippen LogP contribution in [0.15, 0.2) is 6.20 Å². The number of hydrogen-bond donors (Lipinski definition) is 1. The molecule has 1 atom stereocenters. The first-order valence-electron chi connectivity index (χ1n) is 5.85. The molecule has 1 heterocycles. The van der Waals surface area contributed by atoms with Crippen molar-refractivity contribution in [3.05, 3.63) is 17.5 Å². The van der Waals surface area contributed by atoms with Gasteiger partial charge in [-0.05, 0) is 40.7 Å². The van der Waals surface area contributed by atoms with Crippen molar-refractivity contribution in [3.8, 4) is 0 Å². The van der Waals surface area contributed by atoms with E-state index in [1.807, 2.05) is 6.20 Å². The molecule has 1 unspecified atom stereocenters. The van der Waals surface area contributed by atoms with Gasteiger partial charge in [0.15, 0.2) is 0 Å². The molecular weight excluding hydrogens is 186 g/mol. The van der Waals surface area contributed by atoms with Gasteiger partial charge in [0.05, 0.1) is 6.20 Å². The molecule has 0 amide bonds. The highest BCUT2D eigenvalue weighted by atomic mass is 15.3. The second-order valence-electron chi connectivity index (χ2n) is 4.40. The van der Waals surface area contributed by atoms with E-state index in [0.717, 1.165) is 6.54 Å². The van der Waals surface area contributed by atoms with Crippen molar-refractivity contribution in [2.45, 2.75) is 53.1 Å². The molecule has 0 aromatic carbocycles. The van der Waals surface area contributed by atoms with Gasteiger partial charge >= 0.3 is 0 Å². The summed E-state index contributed by atoms with van der Waals surface area (Å²) in [5, 5.41) is 7.91. The zero-order valence-corrected chi connectivity index (χ0v) is 10.5. The van der Waals surface area contributed by atoms with E-state index in [2.05, 4.69) is 49.7 Å². The maximum Gasteiger partial charge on any atom is 0.0540 e. The normalized spacial score (nSPS) is 13.5. The van der Waals surface area contributed by atoms with Gasteiger partial charge in [-0.15, -0.1) is 0 Å². The van der Waals surface area contributed by atoms with Gasteiger partial charge in [0.1, 0.15) is 0 Å². The van der Waals surface area contributed by atoms with Crippen molar-refractivity contribution < 1.29 is 0 Å². The minimum absolute atomic E-state index is 0.400. The Hall–Kier alpha value is -0.830. The van der Waals surface area contributed by atoms with Gasteiger partial charge in [0.2, 0.25) is 0 Å². The summed E-state index contributed by atoms with van der Waals surface area (Å²) in [6.45, 7) is 11.9. The van der Waals surface area contributed by atoms with Gasteiger partial charge in [-0.1, -0.05) is 6.92 Å². The summed E-state index contributed by atoms with van der Waals surface area (Å²) in [6, 6.07) is 0.842. The Bertz CT molecular complexity index is 302. The second kappa shape index (κ2) is 5.31. The first kappa shape index (κ1) is 12.2. The third-order valence-electron chi connectivity index (χ3n) is 2.74. The van der Waals surface area contributed by atoms with Crippen molar-refractivity contribution in [2.75, 3.05) is 6.54 Å². The monoisotopic (exact) mass is 209 g/mol. The van der Waals surface area contributed by atoms with Gasteiger partial charge in [0, 0.05) is 23.3 Å². The van der Waals surface area contributed by atoms with Gasteiger partial charge in [-0.2, -0.15) is 5.10 Å². The molecular formula is C12H23N3. The average Bonchev–Trinajstić information content (AvgIpc) is 2.56. The second-order valence-corrected chi connectivity index (χ2v) is 4.40. The summed E-state index contributed by atoms with van der Waals surface area (Å²) in [7, 11) is 0. The molecule has 0 spiro atoms. The predicted octanol–water partition coefficient (Wildman–Crippen LogP) is 2.83. The highest BCUT2D eigenvalue weighted by molar-refractivity contribution is 5.20. The molecule has 1 aromatic rings. The number of nitrogens with zero attached hydrogens (tertiary/aromatic N) is 2. The van der Waals surface area contributed by atoms with E-state index in [1.165, 1.54) is 17.7 Å². The van der Waals surface area contributed by atoms with Gasteiger partial charge in [0.25, 0.3) is 0 Å². The summed E-state index contributed by atoms with van der Waals surface area (Å²) in [5.41, 5.74) is 2.60. The molecule has 0 aliphatic rings. The van der Waals surface area contributed by atoms with E-state index in [4.69, 9.17) is 0 Å². The molecule has 0 saturated heterocycles. The van der Waals surface area contributed by atoms with Crippen molar-refractivity contribution in [3.63, 3.8) is 0 Å². The fourth-order valence-electron chi connectivity index (χ4n) is 1.85. The van der Waals surface area contributed by atoms with E-state index in [0.29, 0.717) is 12.1 Å². The largest absolute Gasteiger partial charge is 0.310 e. The molecule has 86 valence electrons. The minimum atomic E-state index is 0.400. The number of hydrogen-bond acceptors (Lipinski definition) is 2. The van der Waals surface area contributed by atoms with Crippen LogP contribution < -0.4 is 5.32 Å². The van der Waals surface area contributed by atoms with E-state index >= 15 is 0 Å². The van der Waals surface area contributed by atoms with E-state index < -0.39 is 0 Å². The van der Waals surface area contributed by atoms with Crippen molar-refractivity contribution >= 4 is 0 Å². The fraction of sp³-hybridized carbons (Fsp3) is 0.750. The van der Waals surface area contributed by atoms with Crippen LogP contribution in [0.2, 0.25) is 0 Å². The van der Waals surface area contributed by atoms with E-state index in [-0.39, 0.29) is 0 Å². The Morgan fingerprint density at radius 2 is 2.07 bits per heavy atom. The minimum Gasteiger partial charge on any atom is -0.310 e. The topological polar surface area (TPSA) is 29.9 Å². The zero-order valence-electron chi connectivity index (χ0n) is 10.5. The first-order valence-corrected chi connectivity index (χ1v) is 5.85. The number of nitrogens with one attached hydrogen (secondary N) is 1. The van der Waals surface area contributed by atoms with Crippen molar-refractivity contribution in [1.82, 2.24) is 15.1 Å². The Morgan fingerprint density at radius 1 is 1.40 bits per heavy atom. The summed E-state index contributed by atoms with van der Waals surface area (Å²) in [4.78, 5) is 0. The molecule has 1 aromatic heterocycles. The molecule has 1 N–H and O–H groups in total. The molecule has 0 radical (unpaired) electrons. The SMILES string of the molecule is CCCNC(C)c1cnn(C(C)C)c1C. The molecule has 0 saturated carbocycles. The molecule has 15 heavy (non-hydrogen) atoms. The highest BCUT2D eigenvalue weighted by Crippen LogP contribution is 2.19. The Balaban J connectivity index is 2.77. The summed E-state index contributed by atoms with van der Waals surface area (Å²) >= 11 is 0. The lowest BCUT2D eigenvalue weighted by molar-refractivity contribution is 0.513.